The summed E-state index contributed by atoms with van der Waals surface area (Å²) in [6, 6.07) is 4.85. The Bertz CT molecular complexity index is 435. The van der Waals surface area contributed by atoms with Crippen LogP contribution < -0.4 is 0 Å². The number of benzene rings is 1. The third-order valence-electron chi connectivity index (χ3n) is 2.74. The Morgan fingerprint density at radius 2 is 2.18 bits per heavy atom. The summed E-state index contributed by atoms with van der Waals surface area (Å²) < 4.78 is 13.8. The average Bonchev–Trinajstić information content (AvgIpc) is 3.13. The first-order valence-electron chi connectivity index (χ1n) is 5.45. The fourth-order valence-corrected chi connectivity index (χ4v) is 2.35. The van der Waals surface area contributed by atoms with E-state index in [9.17, 15) is 9.18 Å². The highest BCUT2D eigenvalue weighted by atomic mass is 79.9. The predicted molar refractivity (Wildman–Crippen MR) is 72.0 cm³/mol. The minimum absolute atomic E-state index is 0.0849. The number of hydrogen-bond acceptors (Lipinski definition) is 1. The van der Waals surface area contributed by atoms with E-state index in [0.717, 1.165) is 18.2 Å². The van der Waals surface area contributed by atoms with E-state index in [0.29, 0.717) is 22.6 Å². The quantitative estimate of drug-likeness (QED) is 0.747. The molecule has 0 N–H and O–H groups in total. The lowest BCUT2D eigenvalue weighted by Crippen LogP contribution is -2.34. The van der Waals surface area contributed by atoms with Gasteiger partial charge >= 0.3 is 0 Å². The van der Waals surface area contributed by atoms with E-state index in [1.54, 1.807) is 12.1 Å². The Labute approximate surface area is 116 Å². The molecule has 0 heterocycles. The molecular weight excluding hydrogens is 353 g/mol. The van der Waals surface area contributed by atoms with E-state index in [-0.39, 0.29) is 5.91 Å². The van der Waals surface area contributed by atoms with Gasteiger partial charge in [0.25, 0.3) is 5.91 Å². The molecule has 5 heteroatoms. The number of rotatable bonds is 4. The third kappa shape index (κ3) is 3.07. The Balaban J connectivity index is 2.19. The van der Waals surface area contributed by atoms with Crippen molar-refractivity contribution in [3.8, 4) is 0 Å². The lowest BCUT2D eigenvalue weighted by Gasteiger charge is -2.21. The van der Waals surface area contributed by atoms with E-state index in [1.165, 1.54) is 6.07 Å². The summed E-state index contributed by atoms with van der Waals surface area (Å²) in [7, 11) is 0. The van der Waals surface area contributed by atoms with Gasteiger partial charge in [-0.15, -0.1) is 0 Å². The highest BCUT2D eigenvalue weighted by Crippen LogP contribution is 2.28. The van der Waals surface area contributed by atoms with Crippen molar-refractivity contribution in [3.05, 3.63) is 34.1 Å². The molecule has 1 fully saturated rings. The molecule has 0 radical (unpaired) electrons. The highest BCUT2D eigenvalue weighted by molar-refractivity contribution is 9.10. The molecule has 0 unspecified atom stereocenters. The summed E-state index contributed by atoms with van der Waals surface area (Å²) in [4.78, 5) is 14.0. The van der Waals surface area contributed by atoms with Gasteiger partial charge in [-0.1, -0.05) is 15.9 Å². The molecule has 92 valence electrons. The van der Waals surface area contributed by atoms with Gasteiger partial charge < -0.3 is 4.90 Å². The van der Waals surface area contributed by atoms with Gasteiger partial charge in [0.05, 0.1) is 4.47 Å². The van der Waals surface area contributed by atoms with E-state index < -0.39 is 5.82 Å². The highest BCUT2D eigenvalue weighted by Gasteiger charge is 2.32. The van der Waals surface area contributed by atoms with Crippen LogP contribution in [0.2, 0.25) is 0 Å². The molecule has 1 saturated carbocycles. The number of hydrogen-bond donors (Lipinski definition) is 0. The molecule has 1 aromatic carbocycles. The second kappa shape index (κ2) is 5.48. The molecule has 0 bridgehead atoms. The Kier molecular flexibility index (Phi) is 4.20. The fraction of sp³-hybridized carbons (Fsp3) is 0.417. The first-order valence-corrected chi connectivity index (χ1v) is 7.37. The lowest BCUT2D eigenvalue weighted by molar-refractivity contribution is 0.0754. The zero-order chi connectivity index (χ0) is 12.4. The van der Waals surface area contributed by atoms with Gasteiger partial charge in [-0.25, -0.2) is 4.39 Å². The number of alkyl halides is 1. The van der Waals surface area contributed by atoms with Crippen LogP contribution in [0.25, 0.3) is 0 Å². The van der Waals surface area contributed by atoms with E-state index in [2.05, 4.69) is 31.9 Å². The smallest absolute Gasteiger partial charge is 0.254 e. The van der Waals surface area contributed by atoms with Crippen molar-refractivity contribution in [2.45, 2.75) is 18.9 Å². The lowest BCUT2D eigenvalue weighted by atomic mass is 10.2. The maximum atomic E-state index is 13.4. The van der Waals surface area contributed by atoms with Crippen LogP contribution in [0.15, 0.2) is 22.7 Å². The van der Waals surface area contributed by atoms with Gasteiger partial charge in [-0.05, 0) is 47.0 Å². The predicted octanol–water partition coefficient (Wildman–Crippen LogP) is 3.59. The minimum Gasteiger partial charge on any atom is -0.335 e. The molecule has 0 saturated heterocycles. The number of amides is 1. The van der Waals surface area contributed by atoms with Gasteiger partial charge in [0.2, 0.25) is 0 Å². The largest absolute Gasteiger partial charge is 0.335 e. The number of carbonyl (C=O) groups excluding carboxylic acids is 1. The first kappa shape index (κ1) is 13.0. The van der Waals surface area contributed by atoms with Crippen molar-refractivity contribution in [1.82, 2.24) is 4.90 Å². The van der Waals surface area contributed by atoms with Crippen molar-refractivity contribution >= 4 is 37.8 Å². The Morgan fingerprint density at radius 1 is 1.47 bits per heavy atom. The summed E-state index contributed by atoms with van der Waals surface area (Å²) in [6.07, 6.45) is 2.11. The zero-order valence-electron chi connectivity index (χ0n) is 9.13. The molecule has 1 aliphatic rings. The minimum atomic E-state index is -0.398. The van der Waals surface area contributed by atoms with Gasteiger partial charge in [0.1, 0.15) is 5.82 Å². The molecule has 0 spiro atoms. The SMILES string of the molecule is O=C(c1ccc(Br)c(F)c1)N(CCBr)C1CC1. The first-order chi connectivity index (χ1) is 8.13. The van der Waals surface area contributed by atoms with Crippen LogP contribution in [0.5, 0.6) is 0 Å². The normalized spacial score (nSPS) is 14.8. The summed E-state index contributed by atoms with van der Waals surface area (Å²) >= 11 is 6.42. The summed E-state index contributed by atoms with van der Waals surface area (Å²) in [6.45, 7) is 0.668. The molecule has 0 aliphatic heterocycles. The van der Waals surface area contributed by atoms with Crippen molar-refractivity contribution in [2.75, 3.05) is 11.9 Å². The number of carbonyl (C=O) groups is 1. The van der Waals surface area contributed by atoms with Crippen LogP contribution in [0, 0.1) is 5.82 Å². The molecule has 2 nitrogen and oxygen atoms in total. The molecule has 1 aliphatic carbocycles. The Hall–Kier alpha value is -0.420. The molecular formula is C12H12Br2FNO. The molecule has 2 rings (SSSR count). The van der Waals surface area contributed by atoms with Crippen molar-refractivity contribution in [3.63, 3.8) is 0 Å². The number of nitrogens with zero attached hydrogens (tertiary/aromatic N) is 1. The van der Waals surface area contributed by atoms with Crippen LogP contribution in [0.1, 0.15) is 23.2 Å². The van der Waals surface area contributed by atoms with Crippen LogP contribution in [-0.2, 0) is 0 Å². The number of halogens is 3. The monoisotopic (exact) mass is 363 g/mol. The standard InChI is InChI=1S/C12H12Br2FNO/c13-5-6-16(9-2-3-9)12(17)8-1-4-10(14)11(15)7-8/h1,4,7,9H,2-3,5-6H2. The van der Waals surface area contributed by atoms with Crippen molar-refractivity contribution < 1.29 is 9.18 Å². The van der Waals surface area contributed by atoms with Crippen molar-refractivity contribution in [2.24, 2.45) is 0 Å². The van der Waals surface area contributed by atoms with E-state index in [4.69, 9.17) is 0 Å². The second-order valence-corrected chi connectivity index (χ2v) is 5.69. The molecule has 0 aromatic heterocycles. The van der Waals surface area contributed by atoms with Crippen LogP contribution in [0.4, 0.5) is 4.39 Å². The Morgan fingerprint density at radius 3 is 2.71 bits per heavy atom. The van der Waals surface area contributed by atoms with Gasteiger partial charge in [-0.3, -0.25) is 4.79 Å². The van der Waals surface area contributed by atoms with Crippen LogP contribution in [-0.4, -0.2) is 28.7 Å². The summed E-state index contributed by atoms with van der Waals surface area (Å²) in [5, 5.41) is 0.744. The molecule has 1 aromatic rings. The molecule has 1 amide bonds. The third-order valence-corrected chi connectivity index (χ3v) is 3.74. The molecule has 17 heavy (non-hydrogen) atoms. The summed E-state index contributed by atoms with van der Waals surface area (Å²) in [5.74, 6) is -0.483. The van der Waals surface area contributed by atoms with Gasteiger partial charge in [-0.2, -0.15) is 0 Å². The molecule has 0 atom stereocenters. The summed E-state index contributed by atoms with van der Waals surface area (Å²) in [5.41, 5.74) is 0.415. The van der Waals surface area contributed by atoms with Crippen molar-refractivity contribution in [1.29, 1.82) is 0 Å². The average molecular weight is 365 g/mol. The van der Waals surface area contributed by atoms with Gasteiger partial charge in [0.15, 0.2) is 0 Å². The second-order valence-electron chi connectivity index (χ2n) is 4.05. The van der Waals surface area contributed by atoms with Gasteiger partial charge in [0, 0.05) is 23.5 Å². The maximum absolute atomic E-state index is 13.4. The fourth-order valence-electron chi connectivity index (χ4n) is 1.72. The van der Waals surface area contributed by atoms with Crippen LogP contribution >= 0.6 is 31.9 Å². The topological polar surface area (TPSA) is 20.3 Å². The zero-order valence-corrected chi connectivity index (χ0v) is 12.3. The maximum Gasteiger partial charge on any atom is 0.254 e. The van der Waals surface area contributed by atoms with E-state index >= 15 is 0 Å². The van der Waals surface area contributed by atoms with E-state index in [1.807, 2.05) is 4.90 Å². The van der Waals surface area contributed by atoms with Crippen LogP contribution in [0.3, 0.4) is 0 Å².